The number of oxazole rings is 1. The third-order valence-corrected chi connectivity index (χ3v) is 7.85. The standard InChI is InChI=1S/C21H16F2N4O2S2/c1-27-21(24)26-16(10-31(27)28)19-17(23)14-4-2-3-13(18(14)30-19)15-9-29-20(25-15)11-5-7-12(22)8-6-11/h2-9,16H,10H2,1H3,(H2,24,26). The van der Waals surface area contributed by atoms with Crippen LogP contribution in [0.5, 0.6) is 0 Å². The molecule has 2 aromatic carbocycles. The van der Waals surface area contributed by atoms with Gasteiger partial charge in [-0.1, -0.05) is 18.2 Å². The van der Waals surface area contributed by atoms with Crippen LogP contribution in [0.15, 0.2) is 53.1 Å². The van der Waals surface area contributed by atoms with E-state index in [0.29, 0.717) is 37.7 Å². The van der Waals surface area contributed by atoms with Gasteiger partial charge in [0.2, 0.25) is 11.9 Å². The van der Waals surface area contributed by atoms with E-state index in [4.69, 9.17) is 9.83 Å². The zero-order valence-corrected chi connectivity index (χ0v) is 17.8. The average molecular weight is 459 g/mol. The number of nitrogens with one attached hydrogen (secondary N) is 2. The van der Waals surface area contributed by atoms with Crippen molar-refractivity contribution in [3.05, 3.63) is 65.2 Å². The quantitative estimate of drug-likeness (QED) is 0.436. The lowest BCUT2D eigenvalue weighted by molar-refractivity contribution is 0.500. The van der Waals surface area contributed by atoms with E-state index in [1.165, 1.54) is 34.0 Å². The van der Waals surface area contributed by atoms with Gasteiger partial charge < -0.3 is 14.3 Å². The van der Waals surface area contributed by atoms with E-state index in [9.17, 15) is 8.94 Å². The second kappa shape index (κ2) is 7.63. The normalized spacial score (nSPS) is 19.1. The van der Waals surface area contributed by atoms with Crippen molar-refractivity contribution < 1.29 is 17.8 Å². The molecular weight excluding hydrogens is 442 g/mol. The second-order valence-corrected chi connectivity index (χ2v) is 9.61. The Kier molecular flexibility index (Phi) is 4.92. The highest BCUT2D eigenvalue weighted by Gasteiger charge is 2.35. The number of halogens is 2. The molecule has 6 nitrogen and oxygen atoms in total. The highest BCUT2D eigenvalue weighted by atomic mass is 32.2. The Balaban J connectivity index is 1.55. The van der Waals surface area contributed by atoms with Gasteiger partial charge in [0.1, 0.15) is 29.6 Å². The van der Waals surface area contributed by atoms with Crippen LogP contribution in [-0.2, 0) is 11.4 Å². The van der Waals surface area contributed by atoms with Gasteiger partial charge in [-0.25, -0.2) is 13.8 Å². The van der Waals surface area contributed by atoms with E-state index in [-0.39, 0.29) is 17.5 Å². The zero-order chi connectivity index (χ0) is 21.7. The molecule has 0 radical (unpaired) electrons. The Bertz CT molecular complexity index is 1290. The maximum atomic E-state index is 15.3. The number of nitrogens with zero attached hydrogens (tertiary/aromatic N) is 2. The summed E-state index contributed by atoms with van der Waals surface area (Å²) in [5.41, 5.74) is 1.87. The van der Waals surface area contributed by atoms with Crippen molar-refractivity contribution in [3.63, 3.8) is 0 Å². The van der Waals surface area contributed by atoms with Crippen LogP contribution in [-0.4, -0.2) is 32.6 Å². The molecule has 0 aliphatic carbocycles. The van der Waals surface area contributed by atoms with Gasteiger partial charge in [-0.2, -0.15) is 4.31 Å². The second-order valence-electron chi connectivity index (χ2n) is 7.04. The Hall–Kier alpha value is -2.95. The molecule has 2 atom stereocenters. The summed E-state index contributed by atoms with van der Waals surface area (Å²) in [5.74, 6) is -0.233. The first-order valence-corrected chi connectivity index (χ1v) is 11.4. The van der Waals surface area contributed by atoms with Crippen molar-refractivity contribution in [2.45, 2.75) is 6.04 Å². The molecule has 0 saturated carbocycles. The fourth-order valence-corrected chi connectivity index (χ4v) is 5.83. The number of fused-ring (bicyclic) bond motifs is 1. The van der Waals surface area contributed by atoms with Crippen LogP contribution < -0.4 is 5.32 Å². The van der Waals surface area contributed by atoms with Crippen molar-refractivity contribution >= 4 is 38.7 Å². The lowest BCUT2D eigenvalue weighted by atomic mass is 10.1. The van der Waals surface area contributed by atoms with E-state index in [0.717, 1.165) is 0 Å². The molecule has 2 aromatic heterocycles. The number of rotatable bonds is 3. The van der Waals surface area contributed by atoms with Crippen LogP contribution in [0.4, 0.5) is 8.78 Å². The van der Waals surface area contributed by atoms with Crippen LogP contribution in [0.2, 0.25) is 0 Å². The van der Waals surface area contributed by atoms with Gasteiger partial charge in [0.15, 0.2) is 5.75 Å². The van der Waals surface area contributed by atoms with Crippen LogP contribution in [0.3, 0.4) is 0 Å². The molecular formula is C21H16F2N4O2S2. The predicted molar refractivity (Wildman–Crippen MR) is 117 cm³/mol. The molecule has 4 aromatic rings. The molecule has 31 heavy (non-hydrogen) atoms. The van der Waals surface area contributed by atoms with Gasteiger partial charge in [-0.15, -0.1) is 11.3 Å². The molecule has 1 aliphatic rings. The predicted octanol–water partition coefficient (Wildman–Crippen LogP) is 4.68. The highest BCUT2D eigenvalue weighted by molar-refractivity contribution is 7.89. The van der Waals surface area contributed by atoms with E-state index in [1.807, 2.05) is 6.07 Å². The third-order valence-electron chi connectivity index (χ3n) is 5.11. The summed E-state index contributed by atoms with van der Waals surface area (Å²) in [5, 5.41) is 11.3. The maximum absolute atomic E-state index is 15.3. The molecule has 1 saturated heterocycles. The Morgan fingerprint density at radius 1 is 1.26 bits per heavy atom. The van der Waals surface area contributed by atoms with Gasteiger partial charge in [0.05, 0.1) is 23.3 Å². The van der Waals surface area contributed by atoms with E-state index < -0.39 is 23.2 Å². The van der Waals surface area contributed by atoms with Gasteiger partial charge in [-0.05, 0) is 24.3 Å². The third kappa shape index (κ3) is 3.46. The van der Waals surface area contributed by atoms with Crippen molar-refractivity contribution in [1.82, 2.24) is 14.6 Å². The molecule has 0 bridgehead atoms. The Morgan fingerprint density at radius 2 is 2.03 bits per heavy atom. The number of guanidine groups is 1. The van der Waals surface area contributed by atoms with Gasteiger partial charge in [0.25, 0.3) is 0 Å². The summed E-state index contributed by atoms with van der Waals surface area (Å²) < 4.78 is 48.3. The number of benzene rings is 2. The summed E-state index contributed by atoms with van der Waals surface area (Å²) in [7, 11) is 1.56. The average Bonchev–Trinajstić information content (AvgIpc) is 3.37. The van der Waals surface area contributed by atoms with E-state index in [2.05, 4.69) is 10.3 Å². The van der Waals surface area contributed by atoms with Crippen molar-refractivity contribution in [1.29, 1.82) is 5.41 Å². The number of aromatic nitrogens is 1. The van der Waals surface area contributed by atoms with Crippen molar-refractivity contribution in [2.24, 2.45) is 0 Å². The first-order chi connectivity index (χ1) is 14.9. The first-order valence-electron chi connectivity index (χ1n) is 9.32. The van der Waals surface area contributed by atoms with Crippen LogP contribution in [0.25, 0.3) is 32.8 Å². The smallest absolute Gasteiger partial charge is 0.234 e. The van der Waals surface area contributed by atoms with Crippen LogP contribution >= 0.6 is 11.3 Å². The maximum Gasteiger partial charge on any atom is 0.234 e. The number of hydrogen-bond acceptors (Lipinski definition) is 5. The molecule has 5 rings (SSSR count). The summed E-state index contributed by atoms with van der Waals surface area (Å²) in [6, 6.07) is 10.5. The summed E-state index contributed by atoms with van der Waals surface area (Å²) in [6.07, 6.45) is 1.49. The van der Waals surface area contributed by atoms with Crippen molar-refractivity contribution in [2.75, 3.05) is 12.8 Å². The SMILES string of the molecule is CN1C(=N)NC(c2sc3c(-c4coc(-c5ccc(F)cc5)n4)cccc3c2F)C[S+]1[O-]. The van der Waals surface area contributed by atoms with Crippen LogP contribution in [0, 0.1) is 17.0 Å². The lowest BCUT2D eigenvalue weighted by Gasteiger charge is -2.32. The Labute approximate surface area is 183 Å². The summed E-state index contributed by atoms with van der Waals surface area (Å²) in [4.78, 5) is 4.91. The van der Waals surface area contributed by atoms with E-state index >= 15 is 4.39 Å². The molecule has 10 heteroatoms. The first kappa shape index (κ1) is 20.0. The summed E-state index contributed by atoms with van der Waals surface area (Å²) >= 11 is -0.158. The van der Waals surface area contributed by atoms with Gasteiger partial charge in [-0.3, -0.25) is 5.41 Å². The van der Waals surface area contributed by atoms with Gasteiger partial charge in [0, 0.05) is 21.2 Å². The fourth-order valence-electron chi connectivity index (χ4n) is 3.45. The van der Waals surface area contributed by atoms with E-state index in [1.54, 1.807) is 31.3 Å². The molecule has 0 spiro atoms. The lowest BCUT2D eigenvalue weighted by Crippen LogP contribution is -2.51. The molecule has 3 heterocycles. The fraction of sp³-hybridized carbons (Fsp3) is 0.143. The Morgan fingerprint density at radius 3 is 2.77 bits per heavy atom. The minimum atomic E-state index is -1.40. The minimum Gasteiger partial charge on any atom is -0.593 e. The minimum absolute atomic E-state index is 0.00731. The molecule has 2 N–H and O–H groups in total. The molecule has 2 unspecified atom stereocenters. The van der Waals surface area contributed by atoms with Crippen molar-refractivity contribution in [3.8, 4) is 22.7 Å². The molecule has 0 amide bonds. The van der Waals surface area contributed by atoms with Gasteiger partial charge >= 0.3 is 0 Å². The number of hydrogen-bond donors (Lipinski definition) is 2. The number of thiophene rings is 1. The summed E-state index contributed by atoms with van der Waals surface area (Å²) in [6.45, 7) is 0. The highest BCUT2D eigenvalue weighted by Crippen LogP contribution is 2.41. The largest absolute Gasteiger partial charge is 0.593 e. The molecule has 1 fully saturated rings. The van der Waals surface area contributed by atoms with Crippen LogP contribution in [0.1, 0.15) is 10.9 Å². The molecule has 158 valence electrons. The zero-order valence-electron chi connectivity index (χ0n) is 16.2. The monoisotopic (exact) mass is 458 g/mol. The molecule has 1 aliphatic heterocycles. The topological polar surface area (TPSA) is 88.2 Å².